The topological polar surface area (TPSA) is 58.6 Å². The predicted octanol–water partition coefficient (Wildman–Crippen LogP) is 2.68. The fraction of sp³-hybridized carbons (Fsp3) is 0.750. The SMILES string of the molecule is CCOC(=O)C1CCCN(C(=O)N/C=C/C2CCCC2)C1. The van der Waals surface area contributed by atoms with Crippen molar-refractivity contribution in [2.75, 3.05) is 19.7 Å². The zero-order valence-electron chi connectivity index (χ0n) is 12.8. The van der Waals surface area contributed by atoms with Gasteiger partial charge in [0.15, 0.2) is 0 Å². The summed E-state index contributed by atoms with van der Waals surface area (Å²) in [5, 5.41) is 2.83. The molecule has 1 aliphatic carbocycles. The Morgan fingerprint density at radius 1 is 1.24 bits per heavy atom. The smallest absolute Gasteiger partial charge is 0.321 e. The van der Waals surface area contributed by atoms with E-state index in [2.05, 4.69) is 11.4 Å². The van der Waals surface area contributed by atoms with Gasteiger partial charge in [0.1, 0.15) is 0 Å². The molecule has 1 saturated heterocycles. The second-order valence-electron chi connectivity index (χ2n) is 5.89. The van der Waals surface area contributed by atoms with E-state index < -0.39 is 0 Å². The van der Waals surface area contributed by atoms with Gasteiger partial charge in [0.05, 0.1) is 12.5 Å². The van der Waals surface area contributed by atoms with Crippen LogP contribution in [0.25, 0.3) is 0 Å². The number of allylic oxidation sites excluding steroid dienone is 1. The van der Waals surface area contributed by atoms with Crippen LogP contribution in [-0.4, -0.2) is 36.6 Å². The maximum absolute atomic E-state index is 12.1. The molecule has 118 valence electrons. The maximum Gasteiger partial charge on any atom is 0.321 e. The summed E-state index contributed by atoms with van der Waals surface area (Å²) in [5.41, 5.74) is 0. The molecule has 1 aliphatic heterocycles. The van der Waals surface area contributed by atoms with Gasteiger partial charge in [0.2, 0.25) is 0 Å². The van der Waals surface area contributed by atoms with Crippen LogP contribution in [0.4, 0.5) is 4.79 Å². The number of hydrogen-bond acceptors (Lipinski definition) is 3. The largest absolute Gasteiger partial charge is 0.466 e. The van der Waals surface area contributed by atoms with E-state index in [0.717, 1.165) is 12.8 Å². The first kappa shape index (κ1) is 15.9. The van der Waals surface area contributed by atoms with E-state index in [4.69, 9.17) is 4.74 Å². The highest BCUT2D eigenvalue weighted by atomic mass is 16.5. The van der Waals surface area contributed by atoms with E-state index in [-0.39, 0.29) is 17.9 Å². The standard InChI is InChI=1S/C16H26N2O3/c1-2-21-15(19)14-8-5-11-18(12-14)16(20)17-10-9-13-6-3-4-7-13/h9-10,13-14H,2-8,11-12H2,1H3,(H,17,20)/b10-9+. The van der Waals surface area contributed by atoms with Gasteiger partial charge in [-0.05, 0) is 38.5 Å². The lowest BCUT2D eigenvalue weighted by Gasteiger charge is -2.31. The number of amides is 2. The molecule has 0 bridgehead atoms. The van der Waals surface area contributed by atoms with Crippen molar-refractivity contribution in [2.24, 2.45) is 11.8 Å². The number of likely N-dealkylation sites (tertiary alicyclic amines) is 1. The van der Waals surface area contributed by atoms with E-state index >= 15 is 0 Å². The van der Waals surface area contributed by atoms with Crippen molar-refractivity contribution >= 4 is 12.0 Å². The third kappa shape index (κ3) is 4.76. The summed E-state index contributed by atoms with van der Waals surface area (Å²) in [5.74, 6) is 0.249. The van der Waals surface area contributed by atoms with Crippen molar-refractivity contribution in [2.45, 2.75) is 45.4 Å². The highest BCUT2D eigenvalue weighted by molar-refractivity contribution is 5.77. The Bertz CT molecular complexity index is 389. The molecule has 1 unspecified atom stereocenters. The van der Waals surface area contributed by atoms with Crippen LogP contribution in [0.3, 0.4) is 0 Å². The first-order valence-electron chi connectivity index (χ1n) is 8.09. The molecule has 1 heterocycles. The van der Waals surface area contributed by atoms with Gasteiger partial charge < -0.3 is 15.0 Å². The van der Waals surface area contributed by atoms with Gasteiger partial charge in [-0.2, -0.15) is 0 Å². The van der Waals surface area contributed by atoms with Crippen LogP contribution in [0.5, 0.6) is 0 Å². The van der Waals surface area contributed by atoms with Gasteiger partial charge in [-0.15, -0.1) is 0 Å². The molecule has 21 heavy (non-hydrogen) atoms. The number of hydrogen-bond donors (Lipinski definition) is 1. The maximum atomic E-state index is 12.1. The third-order valence-corrected chi connectivity index (χ3v) is 4.30. The summed E-state index contributed by atoms with van der Waals surface area (Å²) < 4.78 is 5.05. The van der Waals surface area contributed by atoms with Crippen molar-refractivity contribution in [1.82, 2.24) is 10.2 Å². The summed E-state index contributed by atoms with van der Waals surface area (Å²) in [6.45, 7) is 3.37. The molecule has 5 nitrogen and oxygen atoms in total. The Morgan fingerprint density at radius 2 is 2.00 bits per heavy atom. The lowest BCUT2D eigenvalue weighted by atomic mass is 9.98. The summed E-state index contributed by atoms with van der Waals surface area (Å²) in [6, 6.07) is -0.113. The average molecular weight is 294 g/mol. The average Bonchev–Trinajstić information content (AvgIpc) is 3.01. The molecule has 2 aliphatic rings. The van der Waals surface area contributed by atoms with Crippen LogP contribution in [0.2, 0.25) is 0 Å². The number of rotatable bonds is 4. The Hall–Kier alpha value is -1.52. The molecule has 1 saturated carbocycles. The third-order valence-electron chi connectivity index (χ3n) is 4.30. The molecule has 0 radical (unpaired) electrons. The van der Waals surface area contributed by atoms with Crippen molar-refractivity contribution in [1.29, 1.82) is 0 Å². The van der Waals surface area contributed by atoms with Gasteiger partial charge in [0, 0.05) is 19.3 Å². The van der Waals surface area contributed by atoms with Gasteiger partial charge in [-0.25, -0.2) is 4.79 Å². The summed E-state index contributed by atoms with van der Waals surface area (Å²) >= 11 is 0. The second-order valence-corrected chi connectivity index (χ2v) is 5.89. The lowest BCUT2D eigenvalue weighted by Crippen LogP contribution is -2.46. The zero-order chi connectivity index (χ0) is 15.1. The Labute approximate surface area is 126 Å². The molecule has 1 N–H and O–H groups in total. The minimum atomic E-state index is -0.184. The summed E-state index contributed by atoms with van der Waals surface area (Å²) in [6.07, 6.45) is 10.5. The quantitative estimate of drug-likeness (QED) is 0.811. The zero-order valence-corrected chi connectivity index (χ0v) is 12.8. The van der Waals surface area contributed by atoms with Crippen LogP contribution >= 0.6 is 0 Å². The van der Waals surface area contributed by atoms with Crippen LogP contribution in [0, 0.1) is 11.8 Å². The van der Waals surface area contributed by atoms with Crippen LogP contribution in [0.15, 0.2) is 12.3 Å². The van der Waals surface area contributed by atoms with Gasteiger partial charge >= 0.3 is 12.0 Å². The molecule has 0 spiro atoms. The first-order chi connectivity index (χ1) is 10.2. The fourth-order valence-electron chi connectivity index (χ4n) is 3.11. The van der Waals surface area contributed by atoms with Gasteiger partial charge in [-0.3, -0.25) is 4.79 Å². The number of carbonyl (C=O) groups excluding carboxylic acids is 2. The first-order valence-corrected chi connectivity index (χ1v) is 8.09. The van der Waals surface area contributed by atoms with E-state index in [1.54, 1.807) is 18.0 Å². The molecular formula is C16H26N2O3. The highest BCUT2D eigenvalue weighted by Crippen LogP contribution is 2.25. The van der Waals surface area contributed by atoms with E-state index in [9.17, 15) is 9.59 Å². The number of urea groups is 1. The van der Waals surface area contributed by atoms with E-state index in [1.807, 2.05) is 0 Å². The second kappa shape index (κ2) is 8.05. The normalized spacial score (nSPS) is 23.5. The summed E-state index contributed by atoms with van der Waals surface area (Å²) in [4.78, 5) is 25.6. The molecule has 0 aromatic carbocycles. The molecule has 2 rings (SSSR count). The van der Waals surface area contributed by atoms with Crippen LogP contribution in [0.1, 0.15) is 45.4 Å². The molecular weight excluding hydrogens is 268 g/mol. The fourth-order valence-corrected chi connectivity index (χ4v) is 3.11. The predicted molar refractivity (Wildman–Crippen MR) is 80.6 cm³/mol. The molecule has 0 aromatic heterocycles. The Balaban J connectivity index is 1.77. The minimum Gasteiger partial charge on any atom is -0.466 e. The monoisotopic (exact) mass is 294 g/mol. The molecule has 5 heteroatoms. The van der Waals surface area contributed by atoms with Crippen molar-refractivity contribution in [3.8, 4) is 0 Å². The Morgan fingerprint density at radius 3 is 2.71 bits per heavy atom. The van der Waals surface area contributed by atoms with Crippen LogP contribution in [-0.2, 0) is 9.53 Å². The number of nitrogens with one attached hydrogen (secondary N) is 1. The van der Waals surface area contributed by atoms with Crippen molar-refractivity contribution in [3.63, 3.8) is 0 Å². The van der Waals surface area contributed by atoms with Crippen molar-refractivity contribution < 1.29 is 14.3 Å². The number of ether oxygens (including phenoxy) is 1. The minimum absolute atomic E-state index is 0.113. The Kier molecular flexibility index (Phi) is 6.08. The molecule has 2 fully saturated rings. The van der Waals surface area contributed by atoms with Gasteiger partial charge in [-0.1, -0.05) is 18.9 Å². The number of piperidine rings is 1. The number of nitrogens with zero attached hydrogens (tertiary/aromatic N) is 1. The van der Waals surface area contributed by atoms with Crippen molar-refractivity contribution in [3.05, 3.63) is 12.3 Å². The molecule has 1 atom stereocenters. The summed E-state index contributed by atoms with van der Waals surface area (Å²) in [7, 11) is 0. The highest BCUT2D eigenvalue weighted by Gasteiger charge is 2.29. The van der Waals surface area contributed by atoms with Gasteiger partial charge in [0.25, 0.3) is 0 Å². The van der Waals surface area contributed by atoms with Crippen LogP contribution < -0.4 is 5.32 Å². The number of carbonyl (C=O) groups is 2. The number of esters is 1. The molecule has 2 amide bonds. The van der Waals surface area contributed by atoms with E-state index in [0.29, 0.717) is 25.6 Å². The van der Waals surface area contributed by atoms with E-state index in [1.165, 1.54) is 25.7 Å². The molecule has 0 aromatic rings. The lowest BCUT2D eigenvalue weighted by molar-refractivity contribution is -0.149.